The summed E-state index contributed by atoms with van der Waals surface area (Å²) in [4.78, 5) is 0. The molecule has 0 saturated carbocycles. The molecule has 0 bridgehead atoms. The Kier molecular flexibility index (Phi) is 3.85. The van der Waals surface area contributed by atoms with E-state index >= 15 is 0 Å². The fourth-order valence-electron chi connectivity index (χ4n) is 2.92. The van der Waals surface area contributed by atoms with Crippen LogP contribution >= 0.6 is 0 Å². The molecule has 0 radical (unpaired) electrons. The predicted octanol–water partition coefficient (Wildman–Crippen LogP) is 3.12. The van der Waals surface area contributed by atoms with Crippen molar-refractivity contribution in [1.82, 2.24) is 5.32 Å². The van der Waals surface area contributed by atoms with Crippen LogP contribution in [0.15, 0.2) is 41.0 Å². The van der Waals surface area contributed by atoms with E-state index in [4.69, 9.17) is 4.42 Å². The number of halogens is 1. The number of hydrogen-bond donors (Lipinski definition) is 2. The van der Waals surface area contributed by atoms with Crippen molar-refractivity contribution in [3.8, 4) is 0 Å². The molecule has 0 saturated heterocycles. The summed E-state index contributed by atoms with van der Waals surface area (Å²) in [6.07, 6.45) is 4.11. The molecule has 2 aromatic rings. The van der Waals surface area contributed by atoms with Crippen molar-refractivity contribution in [2.75, 3.05) is 6.61 Å². The highest BCUT2D eigenvalue weighted by molar-refractivity contribution is 5.35. The van der Waals surface area contributed by atoms with E-state index < -0.39 is 0 Å². The molecule has 2 N–H and O–H groups in total. The van der Waals surface area contributed by atoms with Gasteiger partial charge in [0.2, 0.25) is 0 Å². The van der Waals surface area contributed by atoms with Crippen LogP contribution in [0.3, 0.4) is 0 Å². The first-order valence-electron chi connectivity index (χ1n) is 6.96. The molecule has 106 valence electrons. The number of benzene rings is 1. The smallest absolute Gasteiger partial charge is 0.123 e. The summed E-state index contributed by atoms with van der Waals surface area (Å²) in [6, 6.07) is 8.78. The molecule has 20 heavy (non-hydrogen) atoms. The van der Waals surface area contributed by atoms with Crippen LogP contribution in [0.4, 0.5) is 4.39 Å². The van der Waals surface area contributed by atoms with Gasteiger partial charge < -0.3 is 14.8 Å². The van der Waals surface area contributed by atoms with Gasteiger partial charge in [-0.25, -0.2) is 4.39 Å². The van der Waals surface area contributed by atoms with Gasteiger partial charge in [0.25, 0.3) is 0 Å². The van der Waals surface area contributed by atoms with E-state index in [1.165, 1.54) is 11.6 Å². The molecule has 3 rings (SSSR count). The van der Waals surface area contributed by atoms with Crippen LogP contribution in [0, 0.1) is 5.82 Å². The topological polar surface area (TPSA) is 45.4 Å². The van der Waals surface area contributed by atoms with Crippen LogP contribution in [-0.4, -0.2) is 11.7 Å². The molecule has 0 spiro atoms. The SMILES string of the molecule is OCCC(NC1CCc2ccc(F)cc21)c1ccco1. The lowest BCUT2D eigenvalue weighted by atomic mass is 10.1. The number of hydrogen-bond acceptors (Lipinski definition) is 3. The van der Waals surface area contributed by atoms with Crippen molar-refractivity contribution in [3.63, 3.8) is 0 Å². The third-order valence-electron chi connectivity index (χ3n) is 3.89. The van der Waals surface area contributed by atoms with Crippen LogP contribution in [0.5, 0.6) is 0 Å². The highest BCUT2D eigenvalue weighted by atomic mass is 19.1. The summed E-state index contributed by atoms with van der Waals surface area (Å²) in [5.41, 5.74) is 2.23. The third-order valence-corrected chi connectivity index (χ3v) is 3.89. The molecule has 1 aromatic heterocycles. The minimum atomic E-state index is -0.200. The first kappa shape index (κ1) is 13.3. The van der Waals surface area contributed by atoms with Gasteiger partial charge in [-0.05, 0) is 54.7 Å². The van der Waals surface area contributed by atoms with E-state index in [0.29, 0.717) is 6.42 Å². The van der Waals surface area contributed by atoms with Crippen LogP contribution in [0.1, 0.15) is 41.8 Å². The van der Waals surface area contributed by atoms with Crippen molar-refractivity contribution < 1.29 is 13.9 Å². The van der Waals surface area contributed by atoms with Gasteiger partial charge in [-0.1, -0.05) is 6.07 Å². The zero-order valence-electron chi connectivity index (χ0n) is 11.2. The molecule has 4 heteroatoms. The molecule has 3 nitrogen and oxygen atoms in total. The molecule has 0 fully saturated rings. The second-order valence-electron chi connectivity index (χ2n) is 5.18. The van der Waals surface area contributed by atoms with E-state index in [1.807, 2.05) is 18.2 Å². The number of aryl methyl sites for hydroxylation is 1. The number of rotatable bonds is 5. The zero-order valence-corrected chi connectivity index (χ0v) is 11.2. The molecule has 2 unspecified atom stereocenters. The fourth-order valence-corrected chi connectivity index (χ4v) is 2.92. The van der Waals surface area contributed by atoms with Crippen molar-refractivity contribution in [2.24, 2.45) is 0 Å². The van der Waals surface area contributed by atoms with Gasteiger partial charge in [0.1, 0.15) is 11.6 Å². The molecule has 1 heterocycles. The Bertz CT molecular complexity index is 568. The Labute approximate surface area is 117 Å². The second-order valence-corrected chi connectivity index (χ2v) is 5.18. The van der Waals surface area contributed by atoms with Crippen LogP contribution in [-0.2, 0) is 6.42 Å². The van der Waals surface area contributed by atoms with Gasteiger partial charge in [-0.2, -0.15) is 0 Å². The minimum Gasteiger partial charge on any atom is -0.468 e. The summed E-state index contributed by atoms with van der Waals surface area (Å²) >= 11 is 0. The minimum absolute atomic E-state index is 0.0470. The lowest BCUT2D eigenvalue weighted by molar-refractivity contribution is 0.246. The van der Waals surface area contributed by atoms with Crippen LogP contribution < -0.4 is 5.32 Å². The second kappa shape index (κ2) is 5.77. The van der Waals surface area contributed by atoms with Crippen LogP contribution in [0.2, 0.25) is 0 Å². The Morgan fingerprint density at radius 1 is 1.40 bits per heavy atom. The Morgan fingerprint density at radius 2 is 2.30 bits per heavy atom. The summed E-state index contributed by atoms with van der Waals surface area (Å²) in [7, 11) is 0. The van der Waals surface area contributed by atoms with Gasteiger partial charge in [-0.15, -0.1) is 0 Å². The van der Waals surface area contributed by atoms with Gasteiger partial charge in [-0.3, -0.25) is 0 Å². The zero-order chi connectivity index (χ0) is 13.9. The first-order valence-corrected chi connectivity index (χ1v) is 6.96. The number of aliphatic hydroxyl groups excluding tert-OH is 1. The van der Waals surface area contributed by atoms with Crippen LogP contribution in [0.25, 0.3) is 0 Å². The molecular weight excluding hydrogens is 257 g/mol. The van der Waals surface area contributed by atoms with E-state index in [-0.39, 0.29) is 24.5 Å². The summed E-state index contributed by atoms with van der Waals surface area (Å²) in [5.74, 6) is 0.609. The van der Waals surface area contributed by atoms with E-state index in [2.05, 4.69) is 5.32 Å². The summed E-state index contributed by atoms with van der Waals surface area (Å²) < 4.78 is 18.8. The highest BCUT2D eigenvalue weighted by Gasteiger charge is 2.26. The average Bonchev–Trinajstić information content (AvgIpc) is 3.08. The average molecular weight is 275 g/mol. The molecule has 0 aliphatic heterocycles. The lowest BCUT2D eigenvalue weighted by Gasteiger charge is -2.21. The maximum Gasteiger partial charge on any atom is 0.123 e. The van der Waals surface area contributed by atoms with E-state index in [0.717, 1.165) is 24.2 Å². The number of furan rings is 1. The maximum absolute atomic E-state index is 13.4. The highest BCUT2D eigenvalue weighted by Crippen LogP contribution is 2.34. The first-order chi connectivity index (χ1) is 9.78. The van der Waals surface area contributed by atoms with Crippen molar-refractivity contribution in [1.29, 1.82) is 0 Å². The third kappa shape index (κ3) is 2.62. The van der Waals surface area contributed by atoms with Crippen molar-refractivity contribution in [2.45, 2.75) is 31.3 Å². The largest absolute Gasteiger partial charge is 0.468 e. The van der Waals surface area contributed by atoms with Gasteiger partial charge in [0, 0.05) is 12.6 Å². The Balaban J connectivity index is 1.79. The maximum atomic E-state index is 13.4. The standard InChI is InChI=1S/C16H18FNO2/c17-12-5-3-11-4-6-14(13(11)10-12)18-15(7-8-19)16-2-1-9-20-16/h1-3,5,9-10,14-15,18-19H,4,6-8H2. The monoisotopic (exact) mass is 275 g/mol. The predicted molar refractivity (Wildman–Crippen MR) is 73.7 cm³/mol. The van der Waals surface area contributed by atoms with Gasteiger partial charge >= 0.3 is 0 Å². The van der Waals surface area contributed by atoms with Crippen molar-refractivity contribution in [3.05, 3.63) is 59.3 Å². The molecule has 0 amide bonds. The summed E-state index contributed by atoms with van der Waals surface area (Å²) in [5, 5.41) is 12.7. The van der Waals surface area contributed by atoms with Gasteiger partial charge in [0.15, 0.2) is 0 Å². The molecule has 1 aromatic carbocycles. The van der Waals surface area contributed by atoms with Gasteiger partial charge in [0.05, 0.1) is 12.3 Å². The lowest BCUT2D eigenvalue weighted by Crippen LogP contribution is -2.25. The Morgan fingerprint density at radius 3 is 3.05 bits per heavy atom. The quantitative estimate of drug-likeness (QED) is 0.881. The van der Waals surface area contributed by atoms with E-state index in [1.54, 1.807) is 12.3 Å². The molecule has 1 aliphatic carbocycles. The molecule has 1 aliphatic rings. The van der Waals surface area contributed by atoms with E-state index in [9.17, 15) is 9.50 Å². The number of nitrogens with one attached hydrogen (secondary N) is 1. The molecule has 2 atom stereocenters. The summed E-state index contributed by atoms with van der Waals surface area (Å²) in [6.45, 7) is 0.0844. The van der Waals surface area contributed by atoms with Crippen molar-refractivity contribution >= 4 is 0 Å². The number of fused-ring (bicyclic) bond motifs is 1. The Hall–Kier alpha value is -1.65. The fraction of sp³-hybridized carbons (Fsp3) is 0.375. The normalized spacial score (nSPS) is 19.0. The molecular formula is C16H18FNO2. The number of aliphatic hydroxyl groups is 1.